The van der Waals surface area contributed by atoms with Crippen LogP contribution in [0.15, 0.2) is 18.3 Å². The number of carbonyl (C=O) groups is 1. The highest BCUT2D eigenvalue weighted by atomic mass is 35.5. The molecule has 0 amide bonds. The molecule has 1 heterocycles. The Bertz CT molecular complexity index is 306. The van der Waals surface area contributed by atoms with E-state index in [0.29, 0.717) is 24.6 Å². The first kappa shape index (κ1) is 17.4. The molecule has 0 radical (unpaired) electrons. The number of aromatic nitrogens is 1. The molecule has 0 atom stereocenters. The lowest BCUT2D eigenvalue weighted by atomic mass is 10.3. The number of hydrogen-bond donors (Lipinski definition) is 1. The van der Waals surface area contributed by atoms with Crippen molar-refractivity contribution in [2.45, 2.75) is 0 Å². The van der Waals surface area contributed by atoms with Crippen LogP contribution in [0, 0.1) is 0 Å². The first-order valence-electron chi connectivity index (χ1n) is 4.15. The van der Waals surface area contributed by atoms with E-state index in [1.807, 2.05) is 0 Å². The molecule has 92 valence electrons. The lowest BCUT2D eigenvalue weighted by Gasteiger charge is -2.03. The number of methoxy groups -OCH3 is 1. The summed E-state index contributed by atoms with van der Waals surface area (Å²) in [6.45, 7) is 0.838. The second kappa shape index (κ2) is 9.21. The summed E-state index contributed by atoms with van der Waals surface area (Å²) in [5.41, 5.74) is 5.65. The molecule has 1 aromatic rings. The molecule has 5 nitrogen and oxygen atoms in total. The van der Waals surface area contributed by atoms with Crippen molar-refractivity contribution < 1.29 is 14.3 Å². The molecule has 2 N–H and O–H groups in total. The number of esters is 1. The van der Waals surface area contributed by atoms with E-state index < -0.39 is 5.97 Å². The fourth-order valence-electron chi connectivity index (χ4n) is 0.868. The Morgan fingerprint density at radius 3 is 2.56 bits per heavy atom. The second-order valence-electron chi connectivity index (χ2n) is 2.51. The van der Waals surface area contributed by atoms with Crippen LogP contribution >= 0.6 is 24.8 Å². The van der Waals surface area contributed by atoms with Gasteiger partial charge in [-0.25, -0.2) is 9.78 Å². The van der Waals surface area contributed by atoms with Crippen LogP contribution in [-0.2, 0) is 4.74 Å². The number of ether oxygens (including phenoxy) is 2. The van der Waals surface area contributed by atoms with Gasteiger partial charge >= 0.3 is 5.97 Å². The summed E-state index contributed by atoms with van der Waals surface area (Å²) in [5, 5.41) is 0. The van der Waals surface area contributed by atoms with Crippen LogP contribution < -0.4 is 10.5 Å². The molecule has 0 aliphatic rings. The Labute approximate surface area is 106 Å². The van der Waals surface area contributed by atoms with Crippen molar-refractivity contribution in [1.82, 2.24) is 4.98 Å². The molecule has 0 spiro atoms. The van der Waals surface area contributed by atoms with Gasteiger partial charge in [-0.15, -0.1) is 24.8 Å². The number of halogens is 2. The Kier molecular flexibility index (Phi) is 9.99. The van der Waals surface area contributed by atoms with E-state index >= 15 is 0 Å². The third-order valence-electron chi connectivity index (χ3n) is 1.53. The average molecular weight is 269 g/mol. The van der Waals surface area contributed by atoms with E-state index in [1.165, 1.54) is 13.3 Å². The van der Waals surface area contributed by atoms with E-state index in [1.54, 1.807) is 12.1 Å². The fourth-order valence-corrected chi connectivity index (χ4v) is 0.868. The van der Waals surface area contributed by atoms with Crippen molar-refractivity contribution in [3.63, 3.8) is 0 Å². The van der Waals surface area contributed by atoms with Crippen LogP contribution in [0.25, 0.3) is 0 Å². The predicted molar refractivity (Wildman–Crippen MR) is 64.6 cm³/mol. The Morgan fingerprint density at radius 1 is 1.44 bits per heavy atom. The van der Waals surface area contributed by atoms with Crippen molar-refractivity contribution >= 4 is 30.8 Å². The minimum absolute atomic E-state index is 0. The lowest BCUT2D eigenvalue weighted by Crippen LogP contribution is -2.11. The van der Waals surface area contributed by atoms with Gasteiger partial charge < -0.3 is 15.2 Å². The molecule has 7 heteroatoms. The number of nitrogens with zero attached hydrogens (tertiary/aromatic N) is 1. The minimum Gasteiger partial charge on any atom is -0.476 e. The summed E-state index contributed by atoms with van der Waals surface area (Å²) in [7, 11) is 1.32. The summed E-state index contributed by atoms with van der Waals surface area (Å²) >= 11 is 0. The maximum Gasteiger partial charge on any atom is 0.339 e. The van der Waals surface area contributed by atoms with Crippen molar-refractivity contribution in [2.75, 3.05) is 20.3 Å². The smallest absolute Gasteiger partial charge is 0.339 e. The molecule has 0 saturated heterocycles. The zero-order chi connectivity index (χ0) is 10.4. The first-order valence-corrected chi connectivity index (χ1v) is 4.15. The zero-order valence-electron chi connectivity index (χ0n) is 8.71. The quantitative estimate of drug-likeness (QED) is 0.827. The number of hydrogen-bond acceptors (Lipinski definition) is 5. The maximum atomic E-state index is 11.0. The van der Waals surface area contributed by atoms with Crippen molar-refractivity contribution in [2.24, 2.45) is 5.73 Å². The molecule has 1 rings (SSSR count). The molecule has 16 heavy (non-hydrogen) atoms. The second-order valence-corrected chi connectivity index (χ2v) is 2.51. The minimum atomic E-state index is -0.414. The van der Waals surface area contributed by atoms with Crippen LogP contribution in [0.4, 0.5) is 0 Å². The van der Waals surface area contributed by atoms with E-state index in [9.17, 15) is 4.79 Å². The molecular weight excluding hydrogens is 255 g/mol. The van der Waals surface area contributed by atoms with Gasteiger partial charge in [0.05, 0.1) is 12.7 Å². The highest BCUT2D eigenvalue weighted by Gasteiger charge is 2.05. The first-order chi connectivity index (χ1) is 6.77. The Morgan fingerprint density at radius 2 is 2.12 bits per heavy atom. The van der Waals surface area contributed by atoms with Gasteiger partial charge in [-0.3, -0.25) is 0 Å². The van der Waals surface area contributed by atoms with Gasteiger partial charge in [-0.1, -0.05) is 0 Å². The molecule has 0 aliphatic heterocycles. The number of rotatable bonds is 4. The summed E-state index contributed by atoms with van der Waals surface area (Å²) < 4.78 is 9.65. The van der Waals surface area contributed by atoms with Crippen LogP contribution in [0.2, 0.25) is 0 Å². The summed E-state index contributed by atoms with van der Waals surface area (Å²) in [5.74, 6) is 0.0333. The molecule has 0 aromatic carbocycles. The topological polar surface area (TPSA) is 74.4 Å². The largest absolute Gasteiger partial charge is 0.476 e. The molecule has 0 bridgehead atoms. The van der Waals surface area contributed by atoms with E-state index in [0.717, 1.165) is 0 Å². The summed E-state index contributed by atoms with van der Waals surface area (Å²) in [6, 6.07) is 3.19. The molecule has 0 saturated carbocycles. The van der Waals surface area contributed by atoms with Gasteiger partial charge in [0.25, 0.3) is 0 Å². The number of pyridine rings is 1. The SMILES string of the molecule is COC(=O)c1ccc(OCCN)nc1.Cl.Cl. The molecule has 0 aliphatic carbocycles. The van der Waals surface area contributed by atoms with Crippen LogP contribution in [-0.4, -0.2) is 31.2 Å². The third-order valence-corrected chi connectivity index (χ3v) is 1.53. The van der Waals surface area contributed by atoms with Gasteiger partial charge in [0.2, 0.25) is 5.88 Å². The molecule has 0 unspecified atom stereocenters. The van der Waals surface area contributed by atoms with Gasteiger partial charge in [0.1, 0.15) is 6.61 Å². The molecule has 1 aromatic heterocycles. The third kappa shape index (κ3) is 5.16. The Hall–Kier alpha value is -1.04. The zero-order valence-corrected chi connectivity index (χ0v) is 10.3. The Balaban J connectivity index is 0. The monoisotopic (exact) mass is 268 g/mol. The van der Waals surface area contributed by atoms with E-state index in [-0.39, 0.29) is 24.8 Å². The van der Waals surface area contributed by atoms with Crippen LogP contribution in [0.1, 0.15) is 10.4 Å². The summed E-state index contributed by atoms with van der Waals surface area (Å²) in [6.07, 6.45) is 1.40. The van der Waals surface area contributed by atoms with Gasteiger partial charge in [-0.2, -0.15) is 0 Å². The van der Waals surface area contributed by atoms with Crippen molar-refractivity contribution in [3.8, 4) is 5.88 Å². The highest BCUT2D eigenvalue weighted by molar-refractivity contribution is 5.88. The predicted octanol–water partition coefficient (Wildman–Crippen LogP) is 1.05. The normalized spacial score (nSPS) is 8.38. The van der Waals surface area contributed by atoms with Crippen molar-refractivity contribution in [1.29, 1.82) is 0 Å². The van der Waals surface area contributed by atoms with Gasteiger partial charge in [0, 0.05) is 18.8 Å². The van der Waals surface area contributed by atoms with Crippen LogP contribution in [0.3, 0.4) is 0 Å². The number of nitrogens with two attached hydrogens (primary N) is 1. The molecule has 0 fully saturated rings. The number of carbonyl (C=O) groups excluding carboxylic acids is 1. The maximum absolute atomic E-state index is 11.0. The lowest BCUT2D eigenvalue weighted by molar-refractivity contribution is 0.0600. The average Bonchev–Trinajstić information content (AvgIpc) is 2.26. The van der Waals surface area contributed by atoms with E-state index in [2.05, 4.69) is 9.72 Å². The molecular formula is C9H14Cl2N2O3. The van der Waals surface area contributed by atoms with Gasteiger partial charge in [0.15, 0.2) is 0 Å². The standard InChI is InChI=1S/C9H12N2O3.2ClH/c1-13-9(12)7-2-3-8(11-6-7)14-5-4-10;;/h2-3,6H,4-5,10H2,1H3;2*1H. The van der Waals surface area contributed by atoms with Crippen LogP contribution in [0.5, 0.6) is 5.88 Å². The van der Waals surface area contributed by atoms with Crippen molar-refractivity contribution in [3.05, 3.63) is 23.9 Å². The fraction of sp³-hybridized carbons (Fsp3) is 0.333. The van der Waals surface area contributed by atoms with E-state index in [4.69, 9.17) is 10.5 Å². The van der Waals surface area contributed by atoms with Gasteiger partial charge in [-0.05, 0) is 6.07 Å². The highest BCUT2D eigenvalue weighted by Crippen LogP contribution is 2.07. The summed E-state index contributed by atoms with van der Waals surface area (Å²) in [4.78, 5) is 14.9.